The summed E-state index contributed by atoms with van der Waals surface area (Å²) in [6, 6.07) is 11.8. The van der Waals surface area contributed by atoms with Gasteiger partial charge in [-0.15, -0.1) is 10.5 Å². The van der Waals surface area contributed by atoms with E-state index in [1.54, 1.807) is 6.07 Å². The second-order valence-electron chi connectivity index (χ2n) is 15.5. The summed E-state index contributed by atoms with van der Waals surface area (Å²) >= 11 is 0. The molecule has 0 saturated carbocycles. The van der Waals surface area contributed by atoms with Gasteiger partial charge in [-0.2, -0.15) is 0 Å². The highest BCUT2D eigenvalue weighted by Gasteiger charge is 2.32. The van der Waals surface area contributed by atoms with Crippen LogP contribution in [0.5, 0.6) is 0 Å². The van der Waals surface area contributed by atoms with Crippen molar-refractivity contribution in [1.82, 2.24) is 19.7 Å². The standard InChI is InChI=1S/C34H46FN5S.C6H14.3C2H6/c1-24-6-7-32-30(20-24)34(33(23-36-32)41(5)29-21-25(2)26(3)31(35)22-29)40-14-10-27(11-15-40)38-12-8-28(9-13-38)39-18-16-37(4)17-19-39;1-5-6(2,3)4;3*1-2/h6-7,20-23,27-28H,5,8-19H2,1-4H3;5H2,1-4H3;3*1-2H3. The molecule has 3 aliphatic heterocycles. The number of rotatable bonds is 5. The number of piperazine rings is 1. The number of nitrogens with zero attached hydrogens (tertiary/aromatic N) is 5. The van der Waals surface area contributed by atoms with Crippen LogP contribution in [0.4, 0.5) is 10.1 Å². The van der Waals surface area contributed by atoms with E-state index < -0.39 is 10.5 Å². The maximum atomic E-state index is 14.8. The summed E-state index contributed by atoms with van der Waals surface area (Å²) < 4.78 is 14.8. The molecule has 300 valence electrons. The number of hydrogen-bond donors (Lipinski definition) is 0. The van der Waals surface area contributed by atoms with Gasteiger partial charge in [0.2, 0.25) is 0 Å². The smallest absolute Gasteiger partial charge is 0.127 e. The molecule has 1 atom stereocenters. The van der Waals surface area contributed by atoms with E-state index in [1.165, 1.54) is 88.0 Å². The minimum absolute atomic E-state index is 0.149. The Labute approximate surface area is 328 Å². The monoisotopic (exact) mass is 752 g/mol. The molecule has 2 aromatic carbocycles. The minimum atomic E-state index is -0.536. The lowest BCUT2D eigenvalue weighted by Gasteiger charge is -2.46. The van der Waals surface area contributed by atoms with Crippen molar-refractivity contribution in [3.05, 3.63) is 59.0 Å². The van der Waals surface area contributed by atoms with Crippen LogP contribution in [0.2, 0.25) is 0 Å². The van der Waals surface area contributed by atoms with Gasteiger partial charge in [0.1, 0.15) is 5.82 Å². The zero-order valence-electron chi connectivity index (χ0n) is 36.5. The highest BCUT2D eigenvalue weighted by Crippen LogP contribution is 2.45. The zero-order valence-corrected chi connectivity index (χ0v) is 37.4. The van der Waals surface area contributed by atoms with E-state index in [0.29, 0.717) is 17.0 Å². The first-order valence-electron chi connectivity index (χ1n) is 21.0. The quantitative estimate of drug-likeness (QED) is 0.242. The molecule has 0 radical (unpaired) electrons. The number of likely N-dealkylation sites (N-methyl/N-ethyl adjacent to an activating group) is 1. The molecule has 3 aliphatic rings. The molecule has 3 saturated heterocycles. The maximum Gasteiger partial charge on any atom is 0.127 e. The topological polar surface area (TPSA) is 25.9 Å². The third-order valence-electron chi connectivity index (χ3n) is 11.0. The van der Waals surface area contributed by atoms with Crippen LogP contribution in [0.25, 0.3) is 10.9 Å². The van der Waals surface area contributed by atoms with E-state index in [4.69, 9.17) is 4.98 Å². The van der Waals surface area contributed by atoms with Crippen molar-refractivity contribution < 1.29 is 4.39 Å². The molecule has 53 heavy (non-hydrogen) atoms. The Balaban J connectivity index is 0.000000720. The Bertz CT molecular complexity index is 1500. The number of aryl methyl sites for hydroxylation is 2. The number of aromatic nitrogens is 1. The molecule has 3 fully saturated rings. The van der Waals surface area contributed by atoms with Crippen LogP contribution in [0.1, 0.15) is 118 Å². The summed E-state index contributed by atoms with van der Waals surface area (Å²) in [6.07, 6.45) is 8.24. The van der Waals surface area contributed by atoms with Gasteiger partial charge in [-0.1, -0.05) is 93.2 Å². The second-order valence-corrected chi connectivity index (χ2v) is 17.2. The molecule has 5 nitrogen and oxygen atoms in total. The third kappa shape index (κ3) is 13.1. The fourth-order valence-corrected chi connectivity index (χ4v) is 8.56. The van der Waals surface area contributed by atoms with Crippen molar-refractivity contribution in [2.24, 2.45) is 5.41 Å². The van der Waals surface area contributed by atoms with Gasteiger partial charge in [0, 0.05) is 72.7 Å². The number of pyridine rings is 1. The summed E-state index contributed by atoms with van der Waals surface area (Å²) in [4.78, 5) is 17.5. The number of piperidine rings is 2. The summed E-state index contributed by atoms with van der Waals surface area (Å²) in [5, 5.41) is 1.19. The molecule has 0 bridgehead atoms. The highest BCUT2D eigenvalue weighted by molar-refractivity contribution is 8.14. The Morgan fingerprint density at radius 1 is 0.774 bits per heavy atom. The van der Waals surface area contributed by atoms with E-state index in [-0.39, 0.29) is 5.82 Å². The van der Waals surface area contributed by atoms with E-state index in [0.717, 1.165) is 40.0 Å². The predicted molar refractivity (Wildman–Crippen MR) is 236 cm³/mol. The number of benzene rings is 2. The second kappa shape index (κ2) is 22.9. The van der Waals surface area contributed by atoms with E-state index in [1.807, 2.05) is 61.6 Å². The molecule has 0 aliphatic carbocycles. The molecule has 0 spiro atoms. The lowest BCUT2D eigenvalue weighted by molar-refractivity contribution is 0.0495. The van der Waals surface area contributed by atoms with Gasteiger partial charge < -0.3 is 14.7 Å². The average molecular weight is 752 g/mol. The highest BCUT2D eigenvalue weighted by atomic mass is 32.2. The molecule has 3 aromatic rings. The van der Waals surface area contributed by atoms with Gasteiger partial charge in [0.05, 0.1) is 11.2 Å². The SMILES string of the molecule is C=S(c1cc(C)c(C)c(F)c1)c1cnc2ccc(C)cc2c1N1CCC(N2CCC(N3CCN(C)CC3)CC2)CC1.CC.CC.CC.CCC(C)(C)C. The first-order chi connectivity index (χ1) is 25.3. The average Bonchev–Trinajstić information content (AvgIpc) is 3.19. The number of anilines is 1. The molecular weight excluding hydrogens is 674 g/mol. The summed E-state index contributed by atoms with van der Waals surface area (Å²) in [5.41, 5.74) is 5.74. The molecule has 0 N–H and O–H groups in total. The Morgan fingerprint density at radius 3 is 1.79 bits per heavy atom. The fraction of sp³-hybridized carbons (Fsp3) is 0.652. The van der Waals surface area contributed by atoms with Crippen LogP contribution in [0, 0.1) is 32.0 Å². The third-order valence-corrected chi connectivity index (χ3v) is 12.6. The Hall–Kier alpha value is -2.32. The van der Waals surface area contributed by atoms with Crippen LogP contribution in [0.3, 0.4) is 0 Å². The van der Waals surface area contributed by atoms with Gasteiger partial charge in [0.25, 0.3) is 0 Å². The van der Waals surface area contributed by atoms with E-state index in [2.05, 4.69) is 91.4 Å². The van der Waals surface area contributed by atoms with Crippen molar-refractivity contribution in [2.45, 2.75) is 144 Å². The van der Waals surface area contributed by atoms with Crippen LogP contribution in [-0.2, 0) is 0 Å². The maximum absolute atomic E-state index is 14.8. The zero-order chi connectivity index (χ0) is 39.9. The van der Waals surface area contributed by atoms with Crippen molar-refractivity contribution in [3.63, 3.8) is 0 Å². The van der Waals surface area contributed by atoms with Gasteiger partial charge in [-0.25, -0.2) is 4.39 Å². The summed E-state index contributed by atoms with van der Waals surface area (Å²) in [6.45, 7) is 36.3. The van der Waals surface area contributed by atoms with Gasteiger partial charge in [-0.3, -0.25) is 9.88 Å². The number of halogens is 1. The molecule has 7 heteroatoms. The number of likely N-dealkylation sites (tertiary alicyclic amines) is 1. The van der Waals surface area contributed by atoms with Crippen molar-refractivity contribution in [2.75, 3.05) is 64.3 Å². The van der Waals surface area contributed by atoms with Crippen molar-refractivity contribution in [1.29, 1.82) is 0 Å². The fourth-order valence-electron chi connectivity index (χ4n) is 7.09. The molecule has 6 rings (SSSR count). The molecule has 1 aromatic heterocycles. The molecule has 0 amide bonds. The minimum Gasteiger partial charge on any atom is -0.370 e. The lowest BCUT2D eigenvalue weighted by atomic mass is 9.94. The van der Waals surface area contributed by atoms with Crippen molar-refractivity contribution in [3.8, 4) is 0 Å². The summed E-state index contributed by atoms with van der Waals surface area (Å²) in [5.74, 6) is 4.44. The van der Waals surface area contributed by atoms with Gasteiger partial charge in [-0.05, 0) is 107 Å². The lowest BCUT2D eigenvalue weighted by Crippen LogP contribution is -2.54. The predicted octanol–water partition coefficient (Wildman–Crippen LogP) is 11.6. The van der Waals surface area contributed by atoms with Crippen LogP contribution >= 0.6 is 10.5 Å². The number of fused-ring (bicyclic) bond motifs is 1. The normalized spacial score (nSPS) is 18.4. The number of hydrogen-bond acceptors (Lipinski definition) is 5. The van der Waals surface area contributed by atoms with Crippen LogP contribution in [0.15, 0.2) is 46.3 Å². The van der Waals surface area contributed by atoms with Crippen LogP contribution in [-0.4, -0.2) is 97.0 Å². The molecule has 1 unspecified atom stereocenters. The Kier molecular flexibility index (Phi) is 20.2. The summed E-state index contributed by atoms with van der Waals surface area (Å²) in [7, 11) is 1.71. The first-order valence-corrected chi connectivity index (χ1v) is 22.4. The first kappa shape index (κ1) is 46.8. The van der Waals surface area contributed by atoms with Crippen LogP contribution < -0.4 is 4.90 Å². The van der Waals surface area contributed by atoms with Gasteiger partial charge in [0.15, 0.2) is 0 Å². The van der Waals surface area contributed by atoms with Crippen molar-refractivity contribution >= 4 is 32.9 Å². The molecule has 4 heterocycles. The van der Waals surface area contributed by atoms with E-state index in [9.17, 15) is 4.39 Å². The molecular formula is C46H78FN5S. The Morgan fingerprint density at radius 2 is 1.28 bits per heavy atom. The van der Waals surface area contributed by atoms with Gasteiger partial charge >= 0.3 is 0 Å². The van der Waals surface area contributed by atoms with E-state index >= 15 is 0 Å². The largest absolute Gasteiger partial charge is 0.370 e.